The lowest BCUT2D eigenvalue weighted by atomic mass is 10.1. The van der Waals surface area contributed by atoms with Gasteiger partial charge in [-0.2, -0.15) is 0 Å². The van der Waals surface area contributed by atoms with E-state index in [9.17, 15) is 9.00 Å². The minimum absolute atomic E-state index is 0.269. The average molecular weight is 199 g/mol. The first-order valence-corrected chi connectivity index (χ1v) is 4.71. The van der Waals surface area contributed by atoms with Crippen LogP contribution < -0.4 is 4.72 Å². The largest absolute Gasteiger partial charge is 0.298 e. The first-order valence-electron chi connectivity index (χ1n) is 3.61. The van der Waals surface area contributed by atoms with Gasteiger partial charge in [0.15, 0.2) is 0 Å². The predicted molar refractivity (Wildman–Crippen MR) is 49.4 cm³/mol. The van der Waals surface area contributed by atoms with Gasteiger partial charge >= 0.3 is 0 Å². The molecule has 0 radical (unpaired) electrons. The summed E-state index contributed by atoms with van der Waals surface area (Å²) in [5.74, 6) is 0. The molecule has 5 heteroatoms. The zero-order chi connectivity index (χ0) is 9.68. The number of aldehydes is 1. The standard InChI is InChI=1S/C8H9NO3S/c10-6-8-3-1-2-7(4-8)5-9-13(11)12/h1-4,6,9H,5H2,(H,11,12). The Balaban J connectivity index is 2.66. The van der Waals surface area contributed by atoms with Gasteiger partial charge in [-0.1, -0.05) is 18.2 Å². The van der Waals surface area contributed by atoms with Crippen molar-refractivity contribution < 1.29 is 13.6 Å². The van der Waals surface area contributed by atoms with Crippen molar-refractivity contribution in [2.24, 2.45) is 0 Å². The summed E-state index contributed by atoms with van der Waals surface area (Å²) < 4.78 is 21.0. The molecule has 70 valence electrons. The van der Waals surface area contributed by atoms with Crippen molar-refractivity contribution in [3.63, 3.8) is 0 Å². The van der Waals surface area contributed by atoms with Crippen LogP contribution in [0.3, 0.4) is 0 Å². The topological polar surface area (TPSA) is 66.4 Å². The molecule has 0 saturated carbocycles. The summed E-state index contributed by atoms with van der Waals surface area (Å²) in [7, 11) is 0. The number of nitrogens with one attached hydrogen (secondary N) is 1. The highest BCUT2D eigenvalue weighted by Crippen LogP contribution is 2.02. The van der Waals surface area contributed by atoms with Gasteiger partial charge in [0.25, 0.3) is 0 Å². The first kappa shape index (κ1) is 10.0. The Morgan fingerprint density at radius 1 is 1.54 bits per heavy atom. The number of hydrogen-bond donors (Lipinski definition) is 2. The molecule has 0 aromatic heterocycles. The van der Waals surface area contributed by atoms with Crippen LogP contribution in [0.25, 0.3) is 0 Å². The van der Waals surface area contributed by atoms with Crippen molar-refractivity contribution in [3.8, 4) is 0 Å². The lowest BCUT2D eigenvalue weighted by Gasteiger charge is -2.00. The second kappa shape index (κ2) is 4.86. The fourth-order valence-corrected chi connectivity index (χ4v) is 1.21. The van der Waals surface area contributed by atoms with Crippen molar-refractivity contribution in [2.45, 2.75) is 6.54 Å². The van der Waals surface area contributed by atoms with E-state index >= 15 is 0 Å². The van der Waals surface area contributed by atoms with Crippen molar-refractivity contribution in [2.75, 3.05) is 0 Å². The van der Waals surface area contributed by atoms with E-state index in [4.69, 9.17) is 4.55 Å². The predicted octanol–water partition coefficient (Wildman–Crippen LogP) is 0.725. The summed E-state index contributed by atoms with van der Waals surface area (Å²) >= 11 is -2.01. The Morgan fingerprint density at radius 3 is 2.92 bits per heavy atom. The maximum absolute atomic E-state index is 10.4. The molecule has 0 aliphatic heterocycles. The smallest absolute Gasteiger partial charge is 0.232 e. The van der Waals surface area contributed by atoms with Crippen LogP contribution >= 0.6 is 0 Å². The summed E-state index contributed by atoms with van der Waals surface area (Å²) in [5, 5.41) is 0. The summed E-state index contributed by atoms with van der Waals surface area (Å²) in [6.45, 7) is 0.269. The van der Waals surface area contributed by atoms with Crippen LogP contribution in [-0.4, -0.2) is 15.0 Å². The lowest BCUT2D eigenvalue weighted by molar-refractivity contribution is 0.112. The molecule has 1 unspecified atom stereocenters. The third-order valence-corrected chi connectivity index (χ3v) is 1.88. The summed E-state index contributed by atoms with van der Waals surface area (Å²) in [4.78, 5) is 10.4. The third kappa shape index (κ3) is 3.45. The third-order valence-electron chi connectivity index (χ3n) is 1.49. The Morgan fingerprint density at radius 2 is 2.31 bits per heavy atom. The first-order chi connectivity index (χ1) is 6.22. The van der Waals surface area contributed by atoms with Gasteiger partial charge in [0.2, 0.25) is 11.3 Å². The van der Waals surface area contributed by atoms with Crippen LogP contribution in [0.5, 0.6) is 0 Å². The monoisotopic (exact) mass is 199 g/mol. The minimum atomic E-state index is -2.01. The molecule has 0 aliphatic carbocycles. The van der Waals surface area contributed by atoms with E-state index in [1.165, 1.54) is 0 Å². The van der Waals surface area contributed by atoms with Gasteiger partial charge in [0, 0.05) is 12.1 Å². The van der Waals surface area contributed by atoms with Gasteiger partial charge in [-0.15, -0.1) is 0 Å². The molecule has 13 heavy (non-hydrogen) atoms. The molecule has 1 atom stereocenters. The second-order valence-electron chi connectivity index (χ2n) is 2.43. The fourth-order valence-electron chi connectivity index (χ4n) is 0.921. The SMILES string of the molecule is O=Cc1cccc(CNS(=O)O)c1. The van der Waals surface area contributed by atoms with E-state index in [0.717, 1.165) is 11.8 Å². The zero-order valence-electron chi connectivity index (χ0n) is 6.77. The maximum Gasteiger partial charge on any atom is 0.232 e. The molecule has 0 amide bonds. The molecule has 1 aromatic rings. The molecule has 2 N–H and O–H groups in total. The molecular weight excluding hydrogens is 190 g/mol. The number of carbonyl (C=O) groups excluding carboxylic acids is 1. The number of rotatable bonds is 4. The van der Waals surface area contributed by atoms with Crippen molar-refractivity contribution in [1.29, 1.82) is 0 Å². The average Bonchev–Trinajstić information content (AvgIpc) is 2.15. The summed E-state index contributed by atoms with van der Waals surface area (Å²) in [5.41, 5.74) is 1.36. The van der Waals surface area contributed by atoms with Gasteiger partial charge < -0.3 is 0 Å². The van der Waals surface area contributed by atoms with Crippen molar-refractivity contribution >= 4 is 17.6 Å². The number of benzene rings is 1. The van der Waals surface area contributed by atoms with Crippen LogP contribution in [0.2, 0.25) is 0 Å². The van der Waals surface area contributed by atoms with Crippen LogP contribution in [-0.2, 0) is 17.8 Å². The Hall–Kier alpha value is -1.04. The molecule has 1 aromatic carbocycles. The molecule has 4 nitrogen and oxygen atoms in total. The van der Waals surface area contributed by atoms with Crippen LogP contribution in [0.4, 0.5) is 0 Å². The second-order valence-corrected chi connectivity index (χ2v) is 3.22. The summed E-state index contributed by atoms with van der Waals surface area (Å²) in [6.07, 6.45) is 0.736. The molecule has 0 aliphatic rings. The molecule has 0 spiro atoms. The maximum atomic E-state index is 10.4. The van der Waals surface area contributed by atoms with Crippen molar-refractivity contribution in [3.05, 3.63) is 35.4 Å². The van der Waals surface area contributed by atoms with Crippen LogP contribution in [0.15, 0.2) is 24.3 Å². The van der Waals surface area contributed by atoms with E-state index < -0.39 is 11.3 Å². The highest BCUT2D eigenvalue weighted by molar-refractivity contribution is 7.77. The lowest BCUT2D eigenvalue weighted by Crippen LogP contribution is -2.15. The van der Waals surface area contributed by atoms with E-state index in [1.807, 2.05) is 0 Å². The van der Waals surface area contributed by atoms with E-state index in [0.29, 0.717) is 5.56 Å². The molecule has 0 saturated heterocycles. The zero-order valence-corrected chi connectivity index (χ0v) is 7.58. The Labute approximate surface area is 78.4 Å². The highest BCUT2D eigenvalue weighted by atomic mass is 32.2. The fraction of sp³-hybridized carbons (Fsp3) is 0.125. The van der Waals surface area contributed by atoms with E-state index in [2.05, 4.69) is 4.72 Å². The Kier molecular flexibility index (Phi) is 3.75. The number of carbonyl (C=O) groups is 1. The number of hydrogen-bond acceptors (Lipinski definition) is 2. The van der Waals surface area contributed by atoms with Crippen LogP contribution in [0.1, 0.15) is 15.9 Å². The summed E-state index contributed by atoms with van der Waals surface area (Å²) in [6, 6.07) is 6.83. The Bertz CT molecular complexity index is 327. The highest BCUT2D eigenvalue weighted by Gasteiger charge is 1.96. The van der Waals surface area contributed by atoms with E-state index in [-0.39, 0.29) is 6.54 Å². The molecule has 0 fully saturated rings. The normalized spacial score (nSPS) is 12.4. The molecule has 0 bridgehead atoms. The van der Waals surface area contributed by atoms with Gasteiger partial charge in [-0.3, -0.25) is 9.35 Å². The van der Waals surface area contributed by atoms with Gasteiger partial charge in [-0.25, -0.2) is 8.93 Å². The van der Waals surface area contributed by atoms with E-state index in [1.54, 1.807) is 24.3 Å². The van der Waals surface area contributed by atoms with Crippen molar-refractivity contribution in [1.82, 2.24) is 4.72 Å². The quantitative estimate of drug-likeness (QED) is 0.554. The molecular formula is C8H9NO3S. The van der Waals surface area contributed by atoms with Gasteiger partial charge in [-0.05, 0) is 11.6 Å². The van der Waals surface area contributed by atoms with Gasteiger partial charge in [0.05, 0.1) is 0 Å². The molecule has 1 rings (SSSR count). The van der Waals surface area contributed by atoms with Gasteiger partial charge in [0.1, 0.15) is 6.29 Å². The van der Waals surface area contributed by atoms with Crippen LogP contribution in [0, 0.1) is 0 Å². The minimum Gasteiger partial charge on any atom is -0.298 e. The molecule has 0 heterocycles.